The average molecular weight is 157 g/mol. The van der Waals surface area contributed by atoms with Gasteiger partial charge in [-0.3, -0.25) is 0 Å². The topological polar surface area (TPSA) is 12.0 Å². The number of nitrogens with one attached hydrogen (secondary N) is 1. The Hall–Kier alpha value is -0.0400. The van der Waals surface area contributed by atoms with Crippen LogP contribution in [0.15, 0.2) is 0 Å². The summed E-state index contributed by atoms with van der Waals surface area (Å²) >= 11 is 0. The molecule has 1 N–H and O–H groups in total. The smallest absolute Gasteiger partial charge is 0.0175 e. The van der Waals surface area contributed by atoms with Crippen LogP contribution in [0.1, 0.15) is 41.0 Å². The quantitative estimate of drug-likeness (QED) is 0.661. The van der Waals surface area contributed by atoms with Gasteiger partial charge in [0.05, 0.1) is 0 Å². The van der Waals surface area contributed by atoms with E-state index in [0.717, 1.165) is 5.92 Å². The van der Waals surface area contributed by atoms with E-state index >= 15 is 0 Å². The van der Waals surface area contributed by atoms with Crippen LogP contribution in [0.4, 0.5) is 0 Å². The van der Waals surface area contributed by atoms with Gasteiger partial charge in [-0.1, -0.05) is 27.7 Å². The Morgan fingerprint density at radius 1 is 1.18 bits per heavy atom. The predicted molar refractivity (Wildman–Crippen MR) is 51.8 cm³/mol. The van der Waals surface area contributed by atoms with Gasteiger partial charge in [0, 0.05) is 5.54 Å². The molecule has 0 heterocycles. The minimum atomic E-state index is 0.314. The summed E-state index contributed by atoms with van der Waals surface area (Å²) in [6.45, 7) is 11.4. The van der Waals surface area contributed by atoms with Gasteiger partial charge in [0.15, 0.2) is 0 Å². The van der Waals surface area contributed by atoms with Crippen molar-refractivity contribution >= 4 is 0 Å². The Bertz CT molecular complexity index is 107. The molecule has 0 unspecified atom stereocenters. The third-order valence-corrected chi connectivity index (χ3v) is 2.68. The largest absolute Gasteiger partial charge is 0.314 e. The van der Waals surface area contributed by atoms with Gasteiger partial charge in [0.25, 0.3) is 0 Å². The molecule has 0 aliphatic carbocycles. The van der Waals surface area contributed by atoms with E-state index in [0.29, 0.717) is 11.5 Å². The molecule has 1 nitrogen and oxygen atoms in total. The minimum absolute atomic E-state index is 0.314. The van der Waals surface area contributed by atoms with Gasteiger partial charge < -0.3 is 5.32 Å². The summed E-state index contributed by atoms with van der Waals surface area (Å²) < 4.78 is 0. The molecule has 0 radical (unpaired) electrons. The van der Waals surface area contributed by atoms with Crippen molar-refractivity contribution in [1.82, 2.24) is 5.32 Å². The summed E-state index contributed by atoms with van der Waals surface area (Å²) in [4.78, 5) is 0. The first-order chi connectivity index (χ1) is 4.92. The van der Waals surface area contributed by atoms with E-state index in [1.165, 1.54) is 6.42 Å². The van der Waals surface area contributed by atoms with Crippen LogP contribution in [0.3, 0.4) is 0 Å². The molecule has 1 atom stereocenters. The van der Waals surface area contributed by atoms with Crippen LogP contribution in [0, 0.1) is 11.8 Å². The maximum absolute atomic E-state index is 3.41. The van der Waals surface area contributed by atoms with Gasteiger partial charge >= 0.3 is 0 Å². The van der Waals surface area contributed by atoms with Crippen molar-refractivity contribution in [3.63, 3.8) is 0 Å². The highest BCUT2D eigenvalue weighted by Gasteiger charge is 2.26. The molecule has 1 heteroatoms. The molecular weight excluding hydrogens is 134 g/mol. The number of hydrogen-bond donors (Lipinski definition) is 1. The van der Waals surface area contributed by atoms with Gasteiger partial charge in [-0.15, -0.1) is 0 Å². The summed E-state index contributed by atoms with van der Waals surface area (Å²) in [5, 5.41) is 3.41. The molecule has 0 saturated heterocycles. The van der Waals surface area contributed by atoms with E-state index in [-0.39, 0.29) is 0 Å². The molecule has 0 saturated carbocycles. The average Bonchev–Trinajstić information content (AvgIpc) is 1.86. The fraction of sp³-hybridized carbons (Fsp3) is 1.00. The maximum atomic E-state index is 3.41. The van der Waals surface area contributed by atoms with E-state index in [4.69, 9.17) is 0 Å². The normalized spacial score (nSPS) is 17.5. The van der Waals surface area contributed by atoms with Crippen LogP contribution >= 0.6 is 0 Å². The first-order valence-electron chi connectivity index (χ1n) is 4.61. The molecule has 0 aromatic rings. The fourth-order valence-corrected chi connectivity index (χ4v) is 1.47. The Labute approximate surface area is 71.6 Å². The molecule has 0 aliphatic rings. The van der Waals surface area contributed by atoms with E-state index in [9.17, 15) is 0 Å². The summed E-state index contributed by atoms with van der Waals surface area (Å²) in [6.07, 6.45) is 1.25. The van der Waals surface area contributed by atoms with Crippen LogP contribution in [0.5, 0.6) is 0 Å². The van der Waals surface area contributed by atoms with Crippen LogP contribution < -0.4 is 5.32 Å². The third kappa shape index (κ3) is 3.24. The first kappa shape index (κ1) is 11.0. The highest BCUT2D eigenvalue weighted by molar-refractivity contribution is 4.85. The zero-order valence-electron chi connectivity index (χ0n) is 8.86. The van der Waals surface area contributed by atoms with Crippen molar-refractivity contribution in [2.45, 2.75) is 46.6 Å². The van der Waals surface area contributed by atoms with E-state index in [1.807, 2.05) is 0 Å². The Morgan fingerprint density at radius 2 is 1.64 bits per heavy atom. The third-order valence-electron chi connectivity index (χ3n) is 2.68. The molecule has 68 valence electrons. The fourth-order valence-electron chi connectivity index (χ4n) is 1.47. The summed E-state index contributed by atoms with van der Waals surface area (Å²) in [7, 11) is 2.06. The molecule has 0 fully saturated rings. The molecule has 0 aromatic carbocycles. The molecule has 0 amide bonds. The molecule has 0 aromatic heterocycles. The van der Waals surface area contributed by atoms with Gasteiger partial charge in [-0.05, 0) is 32.2 Å². The highest BCUT2D eigenvalue weighted by Crippen LogP contribution is 2.23. The van der Waals surface area contributed by atoms with Gasteiger partial charge in [0.1, 0.15) is 0 Å². The zero-order chi connectivity index (χ0) is 9.07. The molecule has 0 spiro atoms. The Kier molecular flexibility index (Phi) is 4.09. The predicted octanol–water partition coefficient (Wildman–Crippen LogP) is 2.67. The Morgan fingerprint density at radius 3 is 1.73 bits per heavy atom. The van der Waals surface area contributed by atoms with Gasteiger partial charge in [-0.2, -0.15) is 0 Å². The molecule has 0 aliphatic heterocycles. The maximum Gasteiger partial charge on any atom is 0.0175 e. The van der Waals surface area contributed by atoms with E-state index in [2.05, 4.69) is 47.0 Å². The Balaban J connectivity index is 4.10. The lowest BCUT2D eigenvalue weighted by atomic mass is 9.81. The highest BCUT2D eigenvalue weighted by atomic mass is 14.9. The summed E-state index contributed by atoms with van der Waals surface area (Å²) in [6, 6.07) is 0. The lowest BCUT2D eigenvalue weighted by molar-refractivity contribution is 0.231. The SMILES string of the molecule is CN[C@@](C)(CC(C)C)C(C)C. The van der Waals surface area contributed by atoms with E-state index in [1.54, 1.807) is 0 Å². The molecule has 0 rings (SSSR count). The minimum Gasteiger partial charge on any atom is -0.314 e. The second-order valence-corrected chi connectivity index (χ2v) is 4.42. The van der Waals surface area contributed by atoms with Crippen LogP contribution in [-0.4, -0.2) is 12.6 Å². The standard InChI is InChI=1S/C10H23N/c1-8(2)7-10(5,11-6)9(3)4/h8-9,11H,7H2,1-6H3/t10-/m0/s1. The monoisotopic (exact) mass is 157 g/mol. The van der Waals surface area contributed by atoms with Crippen molar-refractivity contribution in [2.75, 3.05) is 7.05 Å². The number of hydrogen-bond acceptors (Lipinski definition) is 1. The van der Waals surface area contributed by atoms with Crippen LogP contribution in [0.25, 0.3) is 0 Å². The van der Waals surface area contributed by atoms with Crippen molar-refractivity contribution in [2.24, 2.45) is 11.8 Å². The lowest BCUT2D eigenvalue weighted by Crippen LogP contribution is -2.45. The van der Waals surface area contributed by atoms with Crippen LogP contribution in [0.2, 0.25) is 0 Å². The zero-order valence-corrected chi connectivity index (χ0v) is 8.86. The second kappa shape index (κ2) is 4.10. The van der Waals surface area contributed by atoms with Crippen molar-refractivity contribution < 1.29 is 0 Å². The lowest BCUT2D eigenvalue weighted by Gasteiger charge is -2.35. The first-order valence-corrected chi connectivity index (χ1v) is 4.61. The molecule has 11 heavy (non-hydrogen) atoms. The van der Waals surface area contributed by atoms with Gasteiger partial charge in [0.2, 0.25) is 0 Å². The second-order valence-electron chi connectivity index (χ2n) is 4.42. The van der Waals surface area contributed by atoms with Crippen molar-refractivity contribution in [3.05, 3.63) is 0 Å². The van der Waals surface area contributed by atoms with Gasteiger partial charge in [-0.25, -0.2) is 0 Å². The van der Waals surface area contributed by atoms with Crippen molar-refractivity contribution in [1.29, 1.82) is 0 Å². The molecule has 0 bridgehead atoms. The van der Waals surface area contributed by atoms with Crippen molar-refractivity contribution in [3.8, 4) is 0 Å². The molecular formula is C10H23N. The van der Waals surface area contributed by atoms with E-state index < -0.39 is 0 Å². The number of rotatable bonds is 4. The summed E-state index contributed by atoms with van der Waals surface area (Å²) in [5.41, 5.74) is 0.314. The summed E-state index contributed by atoms with van der Waals surface area (Å²) in [5.74, 6) is 1.48. The van der Waals surface area contributed by atoms with Crippen LogP contribution in [-0.2, 0) is 0 Å².